The molecular weight excluding hydrogens is 492 g/mol. The van der Waals surface area contributed by atoms with Crippen LogP contribution in [0.5, 0.6) is 5.75 Å². The van der Waals surface area contributed by atoms with Gasteiger partial charge < -0.3 is 15.3 Å². The Kier molecular flexibility index (Phi) is 7.68. The molecule has 4 rings (SSSR count). The summed E-state index contributed by atoms with van der Waals surface area (Å²) in [6.07, 6.45) is 1.74. The molecule has 2 N–H and O–H groups in total. The SMILES string of the molecule is C[C@H]1CC1N(C(=O)CCc1ccc(O)cc1)C(C(=O)NCc1ccccc1)c1ccc(Br)cc1. The molecule has 1 saturated carbocycles. The van der Waals surface area contributed by atoms with Gasteiger partial charge in [0, 0.05) is 23.5 Å². The molecule has 1 fully saturated rings. The quantitative estimate of drug-likeness (QED) is 0.397. The molecule has 0 aliphatic heterocycles. The lowest BCUT2D eigenvalue weighted by molar-refractivity contribution is -0.141. The molecule has 1 aliphatic carbocycles. The maximum Gasteiger partial charge on any atom is 0.247 e. The van der Waals surface area contributed by atoms with Crippen LogP contribution >= 0.6 is 15.9 Å². The number of hydrogen-bond donors (Lipinski definition) is 2. The van der Waals surface area contributed by atoms with E-state index in [0.29, 0.717) is 25.3 Å². The Balaban J connectivity index is 1.57. The van der Waals surface area contributed by atoms with Crippen LogP contribution in [-0.4, -0.2) is 27.9 Å². The molecule has 34 heavy (non-hydrogen) atoms. The summed E-state index contributed by atoms with van der Waals surface area (Å²) in [5.74, 6) is 0.347. The van der Waals surface area contributed by atoms with E-state index in [1.54, 1.807) is 17.0 Å². The molecule has 176 valence electrons. The first kappa shape index (κ1) is 24.0. The van der Waals surface area contributed by atoms with Crippen LogP contribution in [0.2, 0.25) is 0 Å². The maximum absolute atomic E-state index is 13.6. The van der Waals surface area contributed by atoms with E-state index in [1.165, 1.54) is 0 Å². The van der Waals surface area contributed by atoms with Crippen LogP contribution in [0.1, 0.15) is 42.5 Å². The fourth-order valence-corrected chi connectivity index (χ4v) is 4.48. The fraction of sp³-hybridized carbons (Fsp3) is 0.286. The minimum atomic E-state index is -0.695. The lowest BCUT2D eigenvalue weighted by Gasteiger charge is -2.32. The maximum atomic E-state index is 13.6. The van der Waals surface area contributed by atoms with Gasteiger partial charge >= 0.3 is 0 Å². The van der Waals surface area contributed by atoms with E-state index in [4.69, 9.17) is 0 Å². The van der Waals surface area contributed by atoms with Crippen LogP contribution < -0.4 is 5.32 Å². The number of halogens is 1. The van der Waals surface area contributed by atoms with Gasteiger partial charge in [-0.3, -0.25) is 9.59 Å². The van der Waals surface area contributed by atoms with Crippen LogP contribution in [-0.2, 0) is 22.6 Å². The number of carbonyl (C=O) groups excluding carboxylic acids is 2. The van der Waals surface area contributed by atoms with E-state index in [9.17, 15) is 14.7 Å². The summed E-state index contributed by atoms with van der Waals surface area (Å²) < 4.78 is 0.921. The number of phenols is 1. The minimum absolute atomic E-state index is 0.0368. The Bertz CT molecular complexity index is 1120. The molecular formula is C28H29BrN2O3. The van der Waals surface area contributed by atoms with Crippen LogP contribution in [0, 0.1) is 5.92 Å². The highest BCUT2D eigenvalue weighted by molar-refractivity contribution is 9.10. The molecule has 0 aromatic heterocycles. The standard InChI is InChI=1S/C28H29BrN2O3/c1-19-17-25(19)31(26(33)16-9-20-7-14-24(32)15-8-20)27(22-10-12-23(29)13-11-22)28(34)30-18-21-5-3-2-4-6-21/h2-8,10-15,19,25,27,32H,9,16-18H2,1H3,(H,30,34)/t19-,25?,27?/m0/s1. The lowest BCUT2D eigenvalue weighted by Crippen LogP contribution is -2.45. The number of phenolic OH excluding ortho intramolecular Hbond substituents is 1. The summed E-state index contributed by atoms with van der Waals surface area (Å²) in [6.45, 7) is 2.52. The molecule has 3 atom stereocenters. The second kappa shape index (κ2) is 10.9. The summed E-state index contributed by atoms with van der Waals surface area (Å²) in [6, 6.07) is 23.6. The predicted molar refractivity (Wildman–Crippen MR) is 136 cm³/mol. The largest absolute Gasteiger partial charge is 0.508 e. The van der Waals surface area contributed by atoms with Crippen molar-refractivity contribution in [1.29, 1.82) is 0 Å². The predicted octanol–water partition coefficient (Wildman–Crippen LogP) is 5.38. The Morgan fingerprint density at radius 3 is 2.26 bits per heavy atom. The second-order valence-electron chi connectivity index (χ2n) is 8.91. The fourth-order valence-electron chi connectivity index (χ4n) is 4.22. The van der Waals surface area contributed by atoms with Crippen LogP contribution in [0.3, 0.4) is 0 Å². The molecule has 0 radical (unpaired) electrons. The highest BCUT2D eigenvalue weighted by Crippen LogP contribution is 2.41. The lowest BCUT2D eigenvalue weighted by atomic mass is 10.0. The molecule has 0 bridgehead atoms. The van der Waals surface area contributed by atoms with Crippen molar-refractivity contribution in [3.05, 3.63) is 100 Å². The van der Waals surface area contributed by atoms with Gasteiger partial charge in [-0.1, -0.05) is 77.5 Å². The second-order valence-corrected chi connectivity index (χ2v) is 9.82. The molecule has 5 nitrogen and oxygen atoms in total. The van der Waals surface area contributed by atoms with Gasteiger partial charge in [0.15, 0.2) is 0 Å². The molecule has 2 unspecified atom stereocenters. The first-order valence-corrected chi connectivity index (χ1v) is 12.4. The molecule has 3 aromatic rings. The summed E-state index contributed by atoms with van der Waals surface area (Å²) in [7, 11) is 0. The van der Waals surface area contributed by atoms with Gasteiger partial charge in [0.1, 0.15) is 11.8 Å². The zero-order chi connectivity index (χ0) is 24.1. The summed E-state index contributed by atoms with van der Waals surface area (Å²) in [5.41, 5.74) is 2.78. The zero-order valence-corrected chi connectivity index (χ0v) is 20.7. The Hall–Kier alpha value is -3.12. The van der Waals surface area contributed by atoms with Gasteiger partial charge in [-0.15, -0.1) is 0 Å². The first-order chi connectivity index (χ1) is 16.4. The van der Waals surface area contributed by atoms with Crippen molar-refractivity contribution in [2.24, 2.45) is 5.92 Å². The Morgan fingerprint density at radius 2 is 1.65 bits per heavy atom. The third-order valence-electron chi connectivity index (χ3n) is 6.30. The summed E-state index contributed by atoms with van der Waals surface area (Å²) in [4.78, 5) is 28.9. The number of carbonyl (C=O) groups is 2. The minimum Gasteiger partial charge on any atom is -0.508 e. The number of amides is 2. The van der Waals surface area contributed by atoms with Crippen molar-refractivity contribution in [3.63, 3.8) is 0 Å². The van der Waals surface area contributed by atoms with Crippen LogP contribution in [0.4, 0.5) is 0 Å². The van der Waals surface area contributed by atoms with E-state index in [2.05, 4.69) is 28.2 Å². The summed E-state index contributed by atoms with van der Waals surface area (Å²) >= 11 is 3.47. The molecule has 0 heterocycles. The summed E-state index contributed by atoms with van der Waals surface area (Å²) in [5, 5.41) is 12.6. The van der Waals surface area contributed by atoms with E-state index in [1.807, 2.05) is 66.7 Å². The first-order valence-electron chi connectivity index (χ1n) is 11.6. The number of aromatic hydroxyl groups is 1. The third kappa shape index (κ3) is 6.06. The Morgan fingerprint density at radius 1 is 1.00 bits per heavy atom. The monoisotopic (exact) mass is 520 g/mol. The van der Waals surface area contributed by atoms with Crippen molar-refractivity contribution in [3.8, 4) is 5.75 Å². The number of benzene rings is 3. The van der Waals surface area contributed by atoms with E-state index < -0.39 is 6.04 Å². The number of aryl methyl sites for hydroxylation is 1. The molecule has 3 aromatic carbocycles. The smallest absolute Gasteiger partial charge is 0.247 e. The van der Waals surface area contributed by atoms with Gasteiger partial charge in [-0.2, -0.15) is 0 Å². The van der Waals surface area contributed by atoms with Crippen molar-refractivity contribution in [2.45, 2.75) is 44.8 Å². The third-order valence-corrected chi connectivity index (χ3v) is 6.83. The van der Waals surface area contributed by atoms with E-state index in [0.717, 1.165) is 27.6 Å². The van der Waals surface area contributed by atoms with Crippen LogP contribution in [0.25, 0.3) is 0 Å². The molecule has 6 heteroatoms. The molecule has 1 aliphatic rings. The van der Waals surface area contributed by atoms with Gasteiger partial charge in [0.2, 0.25) is 11.8 Å². The topological polar surface area (TPSA) is 69.6 Å². The average molecular weight is 521 g/mol. The van der Waals surface area contributed by atoms with Gasteiger partial charge in [-0.25, -0.2) is 0 Å². The normalized spacial score (nSPS) is 17.6. The van der Waals surface area contributed by atoms with Crippen molar-refractivity contribution < 1.29 is 14.7 Å². The van der Waals surface area contributed by atoms with E-state index >= 15 is 0 Å². The average Bonchev–Trinajstić information content (AvgIpc) is 3.57. The van der Waals surface area contributed by atoms with Crippen LogP contribution in [0.15, 0.2) is 83.3 Å². The zero-order valence-electron chi connectivity index (χ0n) is 19.2. The molecule has 2 amide bonds. The van der Waals surface area contributed by atoms with Crippen molar-refractivity contribution in [1.82, 2.24) is 10.2 Å². The Labute approximate surface area is 208 Å². The number of rotatable bonds is 9. The van der Waals surface area contributed by atoms with Gasteiger partial charge in [-0.05, 0) is 59.7 Å². The van der Waals surface area contributed by atoms with Gasteiger partial charge in [0.25, 0.3) is 0 Å². The number of nitrogens with one attached hydrogen (secondary N) is 1. The molecule has 0 spiro atoms. The molecule has 0 saturated heterocycles. The van der Waals surface area contributed by atoms with Crippen molar-refractivity contribution >= 4 is 27.7 Å². The highest BCUT2D eigenvalue weighted by atomic mass is 79.9. The van der Waals surface area contributed by atoms with E-state index in [-0.39, 0.29) is 23.6 Å². The highest BCUT2D eigenvalue weighted by Gasteiger charge is 2.46. The van der Waals surface area contributed by atoms with Gasteiger partial charge in [0.05, 0.1) is 0 Å². The number of hydrogen-bond acceptors (Lipinski definition) is 3. The number of nitrogens with zero attached hydrogens (tertiary/aromatic N) is 1. The van der Waals surface area contributed by atoms with Crippen molar-refractivity contribution in [2.75, 3.05) is 0 Å².